The van der Waals surface area contributed by atoms with E-state index in [0.717, 1.165) is 0 Å². The van der Waals surface area contributed by atoms with E-state index in [1.165, 1.54) is 12.1 Å². The van der Waals surface area contributed by atoms with E-state index in [0.29, 0.717) is 49.7 Å². The van der Waals surface area contributed by atoms with Gasteiger partial charge in [0, 0.05) is 62.7 Å². The fraction of sp³-hybridized carbons (Fsp3) is 0.348. The molecule has 0 unspecified atom stereocenters. The van der Waals surface area contributed by atoms with Gasteiger partial charge in [-0.2, -0.15) is 0 Å². The highest BCUT2D eigenvalue weighted by Gasteiger charge is 2.37. The molecule has 10 nitrogen and oxygen atoms in total. The smallest absolute Gasteiger partial charge is 0.200 e. The number of nitrogens with one attached hydrogen (secondary N) is 4. The Morgan fingerprint density at radius 2 is 1.24 bits per heavy atom. The van der Waals surface area contributed by atoms with E-state index in [1.807, 2.05) is 0 Å². The maximum absolute atomic E-state index is 13.4. The zero-order chi connectivity index (χ0) is 24.0. The first-order chi connectivity index (χ1) is 15.9. The molecule has 0 saturated carbocycles. The van der Waals surface area contributed by atoms with Gasteiger partial charge in [-0.25, -0.2) is 0 Å². The number of hydrogen-bond acceptors (Lipinski definition) is 10. The van der Waals surface area contributed by atoms with Crippen molar-refractivity contribution in [2.24, 2.45) is 0 Å². The molecule has 176 valence electrons. The molecule has 0 heterocycles. The maximum Gasteiger partial charge on any atom is 0.200 e. The van der Waals surface area contributed by atoms with Crippen LogP contribution in [0.5, 0.6) is 11.5 Å². The molecule has 0 saturated heterocycles. The first-order valence-electron chi connectivity index (χ1n) is 10.7. The zero-order valence-electron chi connectivity index (χ0n) is 18.1. The predicted octanol–water partition coefficient (Wildman–Crippen LogP) is 1.07. The van der Waals surface area contributed by atoms with Crippen LogP contribution in [0.1, 0.15) is 44.7 Å². The fourth-order valence-electron chi connectivity index (χ4n) is 3.76. The summed E-state index contributed by atoms with van der Waals surface area (Å²) in [6, 6.07) is 5.64. The SMILES string of the molecule is N=C(CCO)CCNc1ccc(NCCNCCO)c2c1C(=O)c1c(O)ccc(O)c1C2=O. The quantitative estimate of drug-likeness (QED) is 0.113. The van der Waals surface area contributed by atoms with Gasteiger partial charge in [0.1, 0.15) is 11.5 Å². The summed E-state index contributed by atoms with van der Waals surface area (Å²) >= 11 is 0. The average molecular weight is 456 g/mol. The highest BCUT2D eigenvalue weighted by Crippen LogP contribution is 2.42. The Kier molecular flexibility index (Phi) is 7.99. The number of aliphatic hydroxyl groups excluding tert-OH is 2. The minimum Gasteiger partial charge on any atom is -0.507 e. The molecule has 0 fully saturated rings. The van der Waals surface area contributed by atoms with E-state index >= 15 is 0 Å². The molecule has 1 aliphatic rings. The number of benzene rings is 2. The summed E-state index contributed by atoms with van der Waals surface area (Å²) in [5.74, 6) is -1.97. The van der Waals surface area contributed by atoms with Gasteiger partial charge in [-0.15, -0.1) is 0 Å². The summed E-state index contributed by atoms with van der Waals surface area (Å²) in [6.07, 6.45) is 0.599. The van der Waals surface area contributed by atoms with Crippen LogP contribution in [0.25, 0.3) is 0 Å². The molecule has 0 spiro atoms. The Hall–Kier alpha value is -3.47. The monoisotopic (exact) mass is 456 g/mol. The average Bonchev–Trinajstić information content (AvgIpc) is 2.79. The summed E-state index contributed by atoms with van der Waals surface area (Å²) in [5, 5.41) is 55.4. The summed E-state index contributed by atoms with van der Waals surface area (Å²) in [7, 11) is 0. The van der Waals surface area contributed by atoms with Crippen molar-refractivity contribution >= 4 is 28.7 Å². The summed E-state index contributed by atoms with van der Waals surface area (Å²) in [5.41, 5.74) is 0.809. The van der Waals surface area contributed by atoms with Crippen LogP contribution in [-0.4, -0.2) is 77.1 Å². The summed E-state index contributed by atoms with van der Waals surface area (Å²) < 4.78 is 0. The number of phenolic OH excluding ortho intramolecular Hbond substituents is 2. The molecule has 0 amide bonds. The van der Waals surface area contributed by atoms with Crippen LogP contribution >= 0.6 is 0 Å². The van der Waals surface area contributed by atoms with Gasteiger partial charge in [0.15, 0.2) is 0 Å². The van der Waals surface area contributed by atoms with Gasteiger partial charge in [-0.1, -0.05) is 0 Å². The fourth-order valence-corrected chi connectivity index (χ4v) is 3.76. The number of anilines is 2. The second-order valence-corrected chi connectivity index (χ2v) is 7.58. The van der Waals surface area contributed by atoms with Gasteiger partial charge in [0.25, 0.3) is 0 Å². The highest BCUT2D eigenvalue weighted by atomic mass is 16.3. The van der Waals surface area contributed by atoms with E-state index in [4.69, 9.17) is 15.6 Å². The van der Waals surface area contributed by atoms with Crippen LogP contribution in [0.15, 0.2) is 24.3 Å². The predicted molar refractivity (Wildman–Crippen MR) is 124 cm³/mol. The van der Waals surface area contributed by atoms with Crippen LogP contribution in [0.4, 0.5) is 11.4 Å². The number of ketones is 2. The normalized spacial score (nSPS) is 12.3. The van der Waals surface area contributed by atoms with Gasteiger partial charge in [-0.3, -0.25) is 9.59 Å². The molecule has 2 aromatic rings. The molecule has 33 heavy (non-hydrogen) atoms. The molecule has 3 rings (SSSR count). The van der Waals surface area contributed by atoms with E-state index in [2.05, 4.69) is 16.0 Å². The van der Waals surface area contributed by atoms with Crippen molar-refractivity contribution < 1.29 is 30.0 Å². The minimum atomic E-state index is -0.594. The molecule has 0 radical (unpaired) electrons. The van der Waals surface area contributed by atoms with Crippen LogP contribution < -0.4 is 16.0 Å². The molecule has 2 aromatic carbocycles. The largest absolute Gasteiger partial charge is 0.507 e. The lowest BCUT2D eigenvalue weighted by Crippen LogP contribution is -2.27. The minimum absolute atomic E-state index is 0.00191. The van der Waals surface area contributed by atoms with Crippen molar-refractivity contribution in [1.29, 1.82) is 5.41 Å². The molecular weight excluding hydrogens is 428 g/mol. The Labute approximate surface area is 190 Å². The van der Waals surface area contributed by atoms with Gasteiger partial charge >= 0.3 is 0 Å². The standard InChI is InChI=1S/C23H28N4O6/c24-13(6-11-28)5-7-26-14-1-2-15(27-9-8-25-10-12-29)19-18(14)22(32)20-16(30)3-4-17(31)21(20)23(19)33/h1-4,24-31H,5-12H2. The number of phenols is 2. The lowest BCUT2D eigenvalue weighted by molar-refractivity contribution is 0.0975. The first kappa shape index (κ1) is 24.2. The van der Waals surface area contributed by atoms with Crippen molar-refractivity contribution in [3.8, 4) is 11.5 Å². The van der Waals surface area contributed by atoms with E-state index in [-0.39, 0.29) is 41.9 Å². The topological polar surface area (TPSA) is 175 Å². The Balaban J connectivity index is 1.98. The number of carbonyl (C=O) groups excluding carboxylic acids is 2. The molecule has 1 aliphatic carbocycles. The number of carbonyl (C=O) groups is 2. The second kappa shape index (κ2) is 10.9. The lowest BCUT2D eigenvalue weighted by atomic mass is 9.81. The number of rotatable bonds is 12. The third kappa shape index (κ3) is 5.14. The van der Waals surface area contributed by atoms with Gasteiger partial charge in [0.05, 0.1) is 28.9 Å². The number of aromatic hydroxyl groups is 2. The zero-order valence-corrected chi connectivity index (χ0v) is 18.1. The first-order valence-corrected chi connectivity index (χ1v) is 10.7. The van der Waals surface area contributed by atoms with E-state index < -0.39 is 23.1 Å². The van der Waals surface area contributed by atoms with Crippen molar-refractivity contribution in [2.45, 2.75) is 12.8 Å². The van der Waals surface area contributed by atoms with Crippen molar-refractivity contribution in [3.63, 3.8) is 0 Å². The van der Waals surface area contributed by atoms with Gasteiger partial charge < -0.3 is 41.8 Å². The van der Waals surface area contributed by atoms with Gasteiger partial charge in [0.2, 0.25) is 11.6 Å². The molecule has 0 aliphatic heterocycles. The third-order valence-corrected chi connectivity index (χ3v) is 5.34. The van der Waals surface area contributed by atoms with Crippen LogP contribution in [0.2, 0.25) is 0 Å². The number of aliphatic hydroxyl groups is 2. The number of hydrogen-bond donors (Lipinski definition) is 8. The van der Waals surface area contributed by atoms with Crippen LogP contribution in [-0.2, 0) is 0 Å². The molecular formula is C23H28N4O6. The van der Waals surface area contributed by atoms with Crippen LogP contribution in [0, 0.1) is 5.41 Å². The number of fused-ring (bicyclic) bond motifs is 2. The molecule has 8 N–H and O–H groups in total. The highest BCUT2D eigenvalue weighted by molar-refractivity contribution is 6.33. The molecule has 0 atom stereocenters. The second-order valence-electron chi connectivity index (χ2n) is 7.58. The molecule has 0 bridgehead atoms. The van der Waals surface area contributed by atoms with Crippen molar-refractivity contribution in [3.05, 3.63) is 46.5 Å². The van der Waals surface area contributed by atoms with Crippen molar-refractivity contribution in [1.82, 2.24) is 5.32 Å². The van der Waals surface area contributed by atoms with Crippen LogP contribution in [0.3, 0.4) is 0 Å². The molecule has 10 heteroatoms. The van der Waals surface area contributed by atoms with E-state index in [9.17, 15) is 19.8 Å². The third-order valence-electron chi connectivity index (χ3n) is 5.34. The molecule has 0 aromatic heterocycles. The Morgan fingerprint density at radius 1 is 0.697 bits per heavy atom. The van der Waals surface area contributed by atoms with E-state index in [1.54, 1.807) is 12.1 Å². The van der Waals surface area contributed by atoms with Crippen molar-refractivity contribution in [2.75, 3.05) is 50.0 Å². The Bertz CT molecular complexity index is 1070. The lowest BCUT2D eigenvalue weighted by Gasteiger charge is -2.25. The Morgan fingerprint density at radius 3 is 1.76 bits per heavy atom. The maximum atomic E-state index is 13.4. The van der Waals surface area contributed by atoms with Gasteiger partial charge in [-0.05, 0) is 24.3 Å². The summed E-state index contributed by atoms with van der Waals surface area (Å²) in [4.78, 5) is 26.8. The summed E-state index contributed by atoms with van der Waals surface area (Å²) in [6.45, 7) is 1.53.